The summed E-state index contributed by atoms with van der Waals surface area (Å²) in [5.74, 6) is 0.748. The molecule has 150 valence electrons. The average Bonchev–Trinajstić information content (AvgIpc) is 2.72. The monoisotopic (exact) mass is 420 g/mol. The van der Waals surface area contributed by atoms with Gasteiger partial charge in [-0.25, -0.2) is 8.42 Å². The van der Waals surface area contributed by atoms with Crippen LogP contribution in [0.5, 0.6) is 0 Å². The first kappa shape index (κ1) is 20.5. The zero-order valence-electron chi connectivity index (χ0n) is 15.9. The van der Waals surface area contributed by atoms with Crippen LogP contribution in [0, 0.1) is 0 Å². The number of aliphatic imine (C=N–C) groups is 1. The molecule has 1 N–H and O–H groups in total. The van der Waals surface area contributed by atoms with Gasteiger partial charge in [-0.1, -0.05) is 41.9 Å². The lowest BCUT2D eigenvalue weighted by Gasteiger charge is -2.38. The first-order valence-corrected chi connectivity index (χ1v) is 11.3. The van der Waals surface area contributed by atoms with Crippen molar-refractivity contribution in [2.45, 2.75) is 4.90 Å². The first-order valence-electron chi connectivity index (χ1n) is 9.24. The Morgan fingerprint density at radius 1 is 1.04 bits per heavy atom. The number of hydrogen-bond acceptors (Lipinski definition) is 4. The third-order valence-electron chi connectivity index (χ3n) is 4.74. The van der Waals surface area contributed by atoms with Crippen LogP contribution in [0.15, 0.2) is 64.5 Å². The average molecular weight is 421 g/mol. The molecule has 0 saturated carbocycles. The van der Waals surface area contributed by atoms with Crippen LogP contribution in [0.4, 0.5) is 5.69 Å². The van der Waals surface area contributed by atoms with E-state index in [9.17, 15) is 8.42 Å². The maximum Gasteiger partial charge on any atom is 0.193 e. The van der Waals surface area contributed by atoms with E-state index in [-0.39, 0.29) is 5.75 Å². The predicted octanol–water partition coefficient (Wildman–Crippen LogP) is 2.51. The number of anilines is 1. The Morgan fingerprint density at radius 3 is 2.32 bits per heavy atom. The maximum atomic E-state index is 12.4. The predicted molar refractivity (Wildman–Crippen MR) is 115 cm³/mol. The number of rotatable bonds is 5. The molecule has 2 aromatic rings. The molecular formula is C20H25ClN4O2S. The Kier molecular flexibility index (Phi) is 6.80. The molecule has 2 aromatic carbocycles. The second kappa shape index (κ2) is 9.30. The molecule has 6 nitrogen and oxygen atoms in total. The van der Waals surface area contributed by atoms with Crippen molar-refractivity contribution in [3.8, 4) is 0 Å². The van der Waals surface area contributed by atoms with Crippen molar-refractivity contribution in [2.24, 2.45) is 4.99 Å². The molecule has 3 rings (SSSR count). The van der Waals surface area contributed by atoms with Gasteiger partial charge in [0.1, 0.15) is 0 Å². The van der Waals surface area contributed by atoms with Gasteiger partial charge in [-0.2, -0.15) is 0 Å². The van der Waals surface area contributed by atoms with Gasteiger partial charge in [-0.15, -0.1) is 0 Å². The smallest absolute Gasteiger partial charge is 0.193 e. The van der Waals surface area contributed by atoms with E-state index in [0.29, 0.717) is 11.4 Å². The number of benzene rings is 2. The van der Waals surface area contributed by atoms with Crippen LogP contribution >= 0.6 is 11.6 Å². The number of nitrogens with one attached hydrogen (secondary N) is 1. The van der Waals surface area contributed by atoms with Gasteiger partial charge in [0, 0.05) is 39.8 Å². The van der Waals surface area contributed by atoms with Gasteiger partial charge in [0.2, 0.25) is 0 Å². The molecule has 0 aromatic heterocycles. The number of sulfone groups is 1. The summed E-state index contributed by atoms with van der Waals surface area (Å²) in [7, 11) is -1.59. The van der Waals surface area contributed by atoms with Crippen LogP contribution in [-0.2, 0) is 9.84 Å². The highest BCUT2D eigenvalue weighted by Crippen LogP contribution is 2.26. The van der Waals surface area contributed by atoms with Crippen molar-refractivity contribution in [3.63, 3.8) is 0 Å². The topological polar surface area (TPSA) is 65.0 Å². The first-order chi connectivity index (χ1) is 13.5. The molecule has 0 bridgehead atoms. The van der Waals surface area contributed by atoms with Crippen molar-refractivity contribution in [2.75, 3.05) is 50.4 Å². The van der Waals surface area contributed by atoms with Crippen LogP contribution in [0.1, 0.15) is 0 Å². The Hall–Kier alpha value is -2.25. The number of hydrogen-bond donors (Lipinski definition) is 1. The lowest BCUT2D eigenvalue weighted by molar-refractivity contribution is 0.373. The largest absolute Gasteiger partial charge is 0.367 e. The second-order valence-corrected chi connectivity index (χ2v) is 9.05. The summed E-state index contributed by atoms with van der Waals surface area (Å²) in [6.45, 7) is 3.54. The minimum atomic E-state index is -3.30. The maximum absolute atomic E-state index is 12.4. The summed E-state index contributed by atoms with van der Waals surface area (Å²) in [6, 6.07) is 16.4. The molecule has 8 heteroatoms. The fraction of sp³-hybridized carbons (Fsp3) is 0.350. The molecule has 1 fully saturated rings. The van der Waals surface area contributed by atoms with E-state index >= 15 is 0 Å². The summed E-state index contributed by atoms with van der Waals surface area (Å²) < 4.78 is 24.8. The Labute approximate surface area is 171 Å². The molecular weight excluding hydrogens is 396 g/mol. The van der Waals surface area contributed by atoms with E-state index in [0.717, 1.165) is 42.8 Å². The molecule has 0 atom stereocenters. The summed E-state index contributed by atoms with van der Waals surface area (Å²) >= 11 is 6.30. The van der Waals surface area contributed by atoms with Gasteiger partial charge in [0.25, 0.3) is 0 Å². The fourth-order valence-electron chi connectivity index (χ4n) is 3.24. The molecule has 1 saturated heterocycles. The molecule has 28 heavy (non-hydrogen) atoms. The molecule has 1 heterocycles. The number of guanidine groups is 1. The summed E-state index contributed by atoms with van der Waals surface area (Å²) in [5, 5.41) is 3.94. The third-order valence-corrected chi connectivity index (χ3v) is 6.79. The van der Waals surface area contributed by atoms with Crippen molar-refractivity contribution in [1.29, 1.82) is 0 Å². The molecule has 0 aliphatic carbocycles. The van der Waals surface area contributed by atoms with Crippen molar-refractivity contribution in [3.05, 3.63) is 59.6 Å². The van der Waals surface area contributed by atoms with E-state index in [1.54, 1.807) is 37.4 Å². The van der Waals surface area contributed by atoms with E-state index in [2.05, 4.69) is 20.1 Å². The number of nitrogens with zero attached hydrogens (tertiary/aromatic N) is 3. The minimum Gasteiger partial charge on any atom is -0.367 e. The van der Waals surface area contributed by atoms with Crippen molar-refractivity contribution in [1.82, 2.24) is 10.2 Å². The fourth-order valence-corrected chi connectivity index (χ4v) is 4.68. The number of halogens is 1. The van der Waals surface area contributed by atoms with Crippen LogP contribution in [0.3, 0.4) is 0 Å². The van der Waals surface area contributed by atoms with Crippen molar-refractivity contribution >= 4 is 33.1 Å². The molecule has 0 radical (unpaired) electrons. The van der Waals surface area contributed by atoms with Gasteiger partial charge < -0.3 is 15.1 Å². The van der Waals surface area contributed by atoms with E-state index < -0.39 is 9.84 Å². The van der Waals surface area contributed by atoms with E-state index in [1.165, 1.54) is 0 Å². The number of piperazine rings is 1. The van der Waals surface area contributed by atoms with Gasteiger partial charge >= 0.3 is 0 Å². The van der Waals surface area contributed by atoms with E-state index in [1.807, 2.05) is 24.3 Å². The van der Waals surface area contributed by atoms with Crippen molar-refractivity contribution < 1.29 is 8.42 Å². The quantitative estimate of drug-likeness (QED) is 0.594. The minimum absolute atomic E-state index is 0.0234. The van der Waals surface area contributed by atoms with Crippen LogP contribution < -0.4 is 10.2 Å². The highest BCUT2D eigenvalue weighted by molar-refractivity contribution is 7.91. The molecule has 0 amide bonds. The highest BCUT2D eigenvalue weighted by atomic mass is 35.5. The summed E-state index contributed by atoms with van der Waals surface area (Å²) in [5.41, 5.74) is 1.04. The lowest BCUT2D eigenvalue weighted by atomic mass is 10.2. The molecule has 0 spiro atoms. The zero-order valence-corrected chi connectivity index (χ0v) is 17.5. The molecule has 1 aliphatic rings. The Balaban J connectivity index is 1.52. The summed E-state index contributed by atoms with van der Waals surface area (Å²) in [4.78, 5) is 9.06. The standard InChI is InChI=1S/C20H25ClN4O2S/c1-22-20(23-11-16-28(26,27)17-7-3-2-4-8-17)25-14-12-24(13-15-25)19-10-6-5-9-18(19)21/h2-10H,11-16H2,1H3,(H,22,23). The van der Waals surface area contributed by atoms with Crippen LogP contribution in [0.25, 0.3) is 0 Å². The van der Waals surface area contributed by atoms with E-state index in [4.69, 9.17) is 11.6 Å². The van der Waals surface area contributed by atoms with Gasteiger partial charge in [0.15, 0.2) is 15.8 Å². The summed E-state index contributed by atoms with van der Waals surface area (Å²) in [6.07, 6.45) is 0. The second-order valence-electron chi connectivity index (χ2n) is 6.53. The van der Waals surface area contributed by atoms with Crippen LogP contribution in [-0.4, -0.2) is 64.8 Å². The normalized spacial score (nSPS) is 15.6. The molecule has 0 unspecified atom stereocenters. The Bertz CT molecular complexity index is 911. The highest BCUT2D eigenvalue weighted by Gasteiger charge is 2.21. The van der Waals surface area contributed by atoms with Gasteiger partial charge in [0.05, 0.1) is 21.4 Å². The SMILES string of the molecule is CN=C(NCCS(=O)(=O)c1ccccc1)N1CCN(c2ccccc2Cl)CC1. The zero-order chi connectivity index (χ0) is 20.0. The Morgan fingerprint density at radius 2 is 1.68 bits per heavy atom. The lowest BCUT2D eigenvalue weighted by Crippen LogP contribution is -2.53. The molecule has 1 aliphatic heterocycles. The van der Waals surface area contributed by atoms with Gasteiger partial charge in [-0.3, -0.25) is 4.99 Å². The van der Waals surface area contributed by atoms with Crippen LogP contribution in [0.2, 0.25) is 5.02 Å². The van der Waals surface area contributed by atoms with Gasteiger partial charge in [-0.05, 0) is 24.3 Å². The number of para-hydroxylation sites is 1. The third kappa shape index (κ3) is 4.97.